The Balaban J connectivity index is 2.53. The summed E-state index contributed by atoms with van der Waals surface area (Å²) in [5, 5.41) is 10.5. The quantitative estimate of drug-likeness (QED) is 0.467. The molecule has 0 spiro atoms. The Hall–Kier alpha value is -0.900. The molecule has 0 saturated carbocycles. The van der Waals surface area contributed by atoms with E-state index < -0.39 is 0 Å². The van der Waals surface area contributed by atoms with Crippen LogP contribution in [0.2, 0.25) is 0 Å². The van der Waals surface area contributed by atoms with Crippen LogP contribution in [0.15, 0.2) is 24.3 Å². The van der Waals surface area contributed by atoms with Crippen LogP contribution in [0.4, 0.5) is 5.69 Å². The van der Waals surface area contributed by atoms with Crippen LogP contribution in [0.25, 0.3) is 0 Å². The average molecular weight is 286 g/mol. The molecule has 1 aromatic rings. The molecule has 3 nitrogen and oxygen atoms in total. The highest BCUT2D eigenvalue weighted by Gasteiger charge is 2.09. The zero-order valence-corrected chi connectivity index (χ0v) is 11.1. The number of alkyl halides is 1. The second-order valence-electron chi connectivity index (χ2n) is 4.12. The van der Waals surface area contributed by atoms with Crippen molar-refractivity contribution in [2.24, 2.45) is 5.92 Å². The summed E-state index contributed by atoms with van der Waals surface area (Å²) in [5.74, 6) is 0.607. The van der Waals surface area contributed by atoms with Gasteiger partial charge in [0.25, 0.3) is 5.69 Å². The number of benzene rings is 1. The summed E-state index contributed by atoms with van der Waals surface area (Å²) in [6.45, 7) is 4.34. The van der Waals surface area contributed by atoms with E-state index in [0.29, 0.717) is 10.7 Å². The van der Waals surface area contributed by atoms with Crippen LogP contribution in [0, 0.1) is 16.0 Å². The normalized spacial score (nSPS) is 14.4. The predicted molar refractivity (Wildman–Crippen MR) is 69.0 cm³/mol. The number of nitro groups is 1. The maximum Gasteiger partial charge on any atom is 0.269 e. The van der Waals surface area contributed by atoms with Gasteiger partial charge in [-0.1, -0.05) is 41.9 Å². The number of non-ortho nitro benzene ring substituents is 1. The first-order chi connectivity index (χ1) is 7.50. The minimum absolute atomic E-state index is 0.158. The molecular formula is C12H16BrNO2. The van der Waals surface area contributed by atoms with Crippen molar-refractivity contribution in [1.29, 1.82) is 0 Å². The molecule has 0 heterocycles. The molecule has 0 aromatic heterocycles. The Morgan fingerprint density at radius 1 is 1.31 bits per heavy atom. The van der Waals surface area contributed by atoms with Crippen molar-refractivity contribution in [3.05, 3.63) is 39.9 Å². The van der Waals surface area contributed by atoms with Crippen LogP contribution >= 0.6 is 15.9 Å². The van der Waals surface area contributed by atoms with E-state index in [4.69, 9.17) is 0 Å². The summed E-state index contributed by atoms with van der Waals surface area (Å²) in [6, 6.07) is 6.81. The lowest BCUT2D eigenvalue weighted by atomic mass is 9.99. The van der Waals surface area contributed by atoms with Gasteiger partial charge in [-0.2, -0.15) is 0 Å². The van der Waals surface area contributed by atoms with E-state index in [1.165, 1.54) is 0 Å². The van der Waals surface area contributed by atoms with E-state index in [9.17, 15) is 10.1 Å². The summed E-state index contributed by atoms with van der Waals surface area (Å²) in [5.41, 5.74) is 1.32. The Labute approximate surface area is 104 Å². The average Bonchev–Trinajstić information content (AvgIpc) is 2.26. The largest absolute Gasteiger partial charge is 0.269 e. The third-order valence-electron chi connectivity index (χ3n) is 2.82. The van der Waals surface area contributed by atoms with E-state index >= 15 is 0 Å². The molecule has 2 atom stereocenters. The zero-order valence-electron chi connectivity index (χ0n) is 9.52. The molecule has 4 heteroatoms. The van der Waals surface area contributed by atoms with E-state index in [1.807, 2.05) is 12.1 Å². The van der Waals surface area contributed by atoms with Gasteiger partial charge in [0, 0.05) is 17.0 Å². The SMILES string of the molecule is CC(Br)C(C)CCc1ccc([N+](=O)[O-])cc1. The van der Waals surface area contributed by atoms with Gasteiger partial charge in [0.05, 0.1) is 4.92 Å². The molecule has 0 bridgehead atoms. The monoisotopic (exact) mass is 285 g/mol. The number of hydrogen-bond acceptors (Lipinski definition) is 2. The lowest BCUT2D eigenvalue weighted by Gasteiger charge is -2.13. The molecule has 0 amide bonds. The second-order valence-corrected chi connectivity index (χ2v) is 5.56. The smallest absolute Gasteiger partial charge is 0.258 e. The van der Waals surface area contributed by atoms with Crippen LogP contribution in [-0.4, -0.2) is 9.75 Å². The summed E-state index contributed by atoms with van der Waals surface area (Å²) >= 11 is 3.55. The van der Waals surface area contributed by atoms with Gasteiger partial charge in [0.15, 0.2) is 0 Å². The third-order valence-corrected chi connectivity index (χ3v) is 3.72. The Kier molecular flexibility index (Phi) is 4.93. The van der Waals surface area contributed by atoms with Crippen molar-refractivity contribution in [3.63, 3.8) is 0 Å². The van der Waals surface area contributed by atoms with Crippen molar-refractivity contribution >= 4 is 21.6 Å². The number of nitrogens with zero attached hydrogens (tertiary/aromatic N) is 1. The van der Waals surface area contributed by atoms with Crippen LogP contribution in [-0.2, 0) is 6.42 Å². The molecule has 0 N–H and O–H groups in total. The Bertz CT molecular complexity index is 349. The van der Waals surface area contributed by atoms with Crippen molar-refractivity contribution in [2.75, 3.05) is 0 Å². The molecule has 1 aromatic carbocycles. The number of rotatable bonds is 5. The Morgan fingerprint density at radius 2 is 1.88 bits per heavy atom. The lowest BCUT2D eigenvalue weighted by molar-refractivity contribution is -0.384. The van der Waals surface area contributed by atoms with E-state index in [-0.39, 0.29) is 10.6 Å². The third kappa shape index (κ3) is 3.93. The molecule has 16 heavy (non-hydrogen) atoms. The van der Waals surface area contributed by atoms with Crippen LogP contribution in [0.1, 0.15) is 25.8 Å². The molecule has 0 aliphatic rings. The fourth-order valence-electron chi connectivity index (χ4n) is 1.41. The molecule has 0 radical (unpaired) electrons. The van der Waals surface area contributed by atoms with Gasteiger partial charge >= 0.3 is 0 Å². The minimum Gasteiger partial charge on any atom is -0.258 e. The van der Waals surface area contributed by atoms with E-state index in [2.05, 4.69) is 29.8 Å². The lowest BCUT2D eigenvalue weighted by Crippen LogP contribution is -2.07. The zero-order chi connectivity index (χ0) is 12.1. The topological polar surface area (TPSA) is 43.1 Å². The van der Waals surface area contributed by atoms with Gasteiger partial charge in [0.2, 0.25) is 0 Å². The van der Waals surface area contributed by atoms with Crippen molar-refractivity contribution in [3.8, 4) is 0 Å². The first kappa shape index (κ1) is 13.2. The fraction of sp³-hybridized carbons (Fsp3) is 0.500. The minimum atomic E-state index is -0.368. The first-order valence-electron chi connectivity index (χ1n) is 5.38. The highest BCUT2D eigenvalue weighted by Crippen LogP contribution is 2.19. The van der Waals surface area contributed by atoms with E-state index in [1.54, 1.807) is 12.1 Å². The summed E-state index contributed by atoms with van der Waals surface area (Å²) in [7, 11) is 0. The molecule has 1 rings (SSSR count). The van der Waals surface area contributed by atoms with Crippen molar-refractivity contribution in [2.45, 2.75) is 31.5 Å². The van der Waals surface area contributed by atoms with E-state index in [0.717, 1.165) is 18.4 Å². The molecule has 0 aliphatic heterocycles. The molecule has 0 saturated heterocycles. The maximum absolute atomic E-state index is 10.5. The summed E-state index contributed by atoms with van der Waals surface area (Å²) < 4.78 is 0. The highest BCUT2D eigenvalue weighted by atomic mass is 79.9. The van der Waals surface area contributed by atoms with Crippen LogP contribution in [0.5, 0.6) is 0 Å². The standard InChI is InChI=1S/C12H16BrNO2/c1-9(10(2)13)3-4-11-5-7-12(8-6-11)14(15)16/h5-10H,3-4H2,1-2H3. The predicted octanol–water partition coefficient (Wildman–Crippen LogP) is 3.95. The van der Waals surface area contributed by atoms with Gasteiger partial charge in [-0.3, -0.25) is 10.1 Å². The van der Waals surface area contributed by atoms with Gasteiger partial charge in [-0.15, -0.1) is 0 Å². The first-order valence-corrected chi connectivity index (χ1v) is 6.29. The highest BCUT2D eigenvalue weighted by molar-refractivity contribution is 9.09. The summed E-state index contributed by atoms with van der Waals surface area (Å²) in [6.07, 6.45) is 2.05. The molecule has 2 unspecified atom stereocenters. The molecule has 0 aliphatic carbocycles. The number of hydrogen-bond donors (Lipinski definition) is 0. The maximum atomic E-state index is 10.5. The Morgan fingerprint density at radius 3 is 2.31 bits per heavy atom. The van der Waals surface area contributed by atoms with Crippen LogP contribution in [0.3, 0.4) is 0 Å². The molecule has 88 valence electrons. The number of halogens is 1. The second kappa shape index (κ2) is 5.99. The van der Waals surface area contributed by atoms with Gasteiger partial charge < -0.3 is 0 Å². The fourth-order valence-corrected chi connectivity index (χ4v) is 1.67. The van der Waals surface area contributed by atoms with Gasteiger partial charge in [-0.25, -0.2) is 0 Å². The van der Waals surface area contributed by atoms with Crippen LogP contribution < -0.4 is 0 Å². The van der Waals surface area contributed by atoms with Gasteiger partial charge in [-0.05, 0) is 24.3 Å². The molecule has 0 fully saturated rings. The van der Waals surface area contributed by atoms with Crippen molar-refractivity contribution in [1.82, 2.24) is 0 Å². The van der Waals surface area contributed by atoms with Crippen molar-refractivity contribution < 1.29 is 4.92 Å². The van der Waals surface area contributed by atoms with Gasteiger partial charge in [0.1, 0.15) is 0 Å². The number of aryl methyl sites for hydroxylation is 1. The number of nitro benzene ring substituents is 1. The molecular weight excluding hydrogens is 270 g/mol. The summed E-state index contributed by atoms with van der Waals surface area (Å²) in [4.78, 5) is 10.6.